The molecule has 24 heavy (non-hydrogen) atoms. The zero-order valence-electron chi connectivity index (χ0n) is 14.1. The van der Waals surface area contributed by atoms with Crippen LogP contribution in [0.25, 0.3) is 5.69 Å². The maximum atomic E-state index is 12.5. The molecular weight excluding hydrogens is 324 g/mol. The predicted octanol–water partition coefficient (Wildman–Crippen LogP) is 3.17. The van der Waals surface area contributed by atoms with E-state index in [-0.39, 0.29) is 16.1 Å². The third-order valence-electron chi connectivity index (χ3n) is 5.01. The Morgan fingerprint density at radius 3 is 2.54 bits per heavy atom. The summed E-state index contributed by atoms with van der Waals surface area (Å²) >= 11 is 6.31. The molecule has 1 aliphatic rings. The second-order valence-corrected chi connectivity index (χ2v) is 6.98. The van der Waals surface area contributed by atoms with Crippen molar-refractivity contribution in [2.75, 3.05) is 26.0 Å². The van der Waals surface area contributed by atoms with Crippen LogP contribution in [-0.2, 0) is 0 Å². The molecule has 0 radical (unpaired) electrons. The lowest BCUT2D eigenvalue weighted by molar-refractivity contribution is 0.172. The summed E-state index contributed by atoms with van der Waals surface area (Å²) < 4.78 is 1.32. The molecule has 0 spiro atoms. The van der Waals surface area contributed by atoms with Gasteiger partial charge >= 0.3 is 0 Å². The number of halogens is 1. The first-order chi connectivity index (χ1) is 11.5. The highest BCUT2D eigenvalue weighted by atomic mass is 35.5. The molecule has 128 valence electrons. The van der Waals surface area contributed by atoms with Crippen LogP contribution in [0.3, 0.4) is 0 Å². The van der Waals surface area contributed by atoms with E-state index in [1.165, 1.54) is 17.5 Å². The summed E-state index contributed by atoms with van der Waals surface area (Å²) in [7, 11) is 4.22. The van der Waals surface area contributed by atoms with Gasteiger partial charge in [-0.2, -0.15) is 9.78 Å². The van der Waals surface area contributed by atoms with Gasteiger partial charge in [-0.1, -0.05) is 42.6 Å². The Balaban J connectivity index is 1.83. The van der Waals surface area contributed by atoms with E-state index in [9.17, 15) is 4.79 Å². The van der Waals surface area contributed by atoms with Gasteiger partial charge in [0.1, 0.15) is 5.02 Å². The van der Waals surface area contributed by atoms with Crippen LogP contribution >= 0.6 is 11.6 Å². The maximum absolute atomic E-state index is 12.5. The first-order valence-corrected chi connectivity index (χ1v) is 8.66. The number of hydrogen-bond acceptors (Lipinski definition) is 4. The molecule has 0 amide bonds. The first kappa shape index (κ1) is 17.0. The molecule has 1 aliphatic carbocycles. The van der Waals surface area contributed by atoms with Crippen LogP contribution in [-0.4, -0.2) is 40.9 Å². The van der Waals surface area contributed by atoms with Crippen LogP contribution < -0.4 is 10.9 Å². The molecule has 1 saturated carbocycles. The minimum atomic E-state index is -0.307. The van der Waals surface area contributed by atoms with E-state index in [0.29, 0.717) is 11.4 Å². The minimum absolute atomic E-state index is 0.123. The van der Waals surface area contributed by atoms with E-state index in [1.54, 1.807) is 6.20 Å². The highest BCUT2D eigenvalue weighted by molar-refractivity contribution is 6.32. The van der Waals surface area contributed by atoms with E-state index >= 15 is 0 Å². The summed E-state index contributed by atoms with van der Waals surface area (Å²) in [5.74, 6) is 0. The number of rotatable bonds is 5. The number of anilines is 1. The largest absolute Gasteiger partial charge is 0.381 e. The van der Waals surface area contributed by atoms with Gasteiger partial charge in [0, 0.05) is 12.1 Å². The first-order valence-electron chi connectivity index (χ1n) is 8.28. The van der Waals surface area contributed by atoms with E-state index in [1.807, 2.05) is 30.3 Å². The number of aromatic nitrogens is 2. The van der Waals surface area contributed by atoms with Gasteiger partial charge in [-0.3, -0.25) is 4.79 Å². The van der Waals surface area contributed by atoms with Crippen molar-refractivity contribution in [1.82, 2.24) is 14.7 Å². The lowest BCUT2D eigenvalue weighted by Gasteiger charge is -2.36. The van der Waals surface area contributed by atoms with E-state index in [4.69, 9.17) is 11.6 Å². The topological polar surface area (TPSA) is 50.2 Å². The van der Waals surface area contributed by atoms with Gasteiger partial charge in [-0.15, -0.1) is 0 Å². The average molecular weight is 347 g/mol. The number of benzene rings is 1. The summed E-state index contributed by atoms with van der Waals surface area (Å²) in [6, 6.07) is 9.29. The quantitative estimate of drug-likeness (QED) is 0.903. The fourth-order valence-corrected chi connectivity index (χ4v) is 3.58. The second kappa shape index (κ2) is 6.95. The highest BCUT2D eigenvalue weighted by Gasteiger charge is 2.35. The number of likely N-dealkylation sites (N-methyl/N-ethyl adjacent to an activating group) is 1. The van der Waals surface area contributed by atoms with Crippen molar-refractivity contribution >= 4 is 17.3 Å². The summed E-state index contributed by atoms with van der Waals surface area (Å²) in [5.41, 5.74) is 1.12. The zero-order chi connectivity index (χ0) is 17.2. The van der Waals surface area contributed by atoms with Crippen molar-refractivity contribution < 1.29 is 0 Å². The second-order valence-electron chi connectivity index (χ2n) is 6.60. The Morgan fingerprint density at radius 1 is 1.25 bits per heavy atom. The number of nitrogens with zero attached hydrogens (tertiary/aromatic N) is 3. The van der Waals surface area contributed by atoms with Gasteiger partial charge < -0.3 is 10.2 Å². The van der Waals surface area contributed by atoms with E-state index in [0.717, 1.165) is 19.4 Å². The molecule has 5 nitrogen and oxygen atoms in total. The molecule has 0 bridgehead atoms. The Bertz CT molecular complexity index is 751. The highest BCUT2D eigenvalue weighted by Crippen LogP contribution is 2.34. The Hall–Kier alpha value is -1.85. The van der Waals surface area contributed by atoms with Gasteiger partial charge in [0.15, 0.2) is 0 Å². The standard InChI is InChI=1S/C18H23ClN4O/c1-22(2)18(10-6-7-11-18)13-20-15-12-21-23(17(24)16(15)19)14-8-4-3-5-9-14/h3-5,8-9,12,20H,6-7,10-11,13H2,1-2H3. The maximum Gasteiger partial charge on any atom is 0.292 e. The molecule has 1 aromatic carbocycles. The predicted molar refractivity (Wildman–Crippen MR) is 98.2 cm³/mol. The third kappa shape index (κ3) is 3.19. The monoisotopic (exact) mass is 346 g/mol. The van der Waals surface area contributed by atoms with Crippen LogP contribution in [0, 0.1) is 0 Å². The van der Waals surface area contributed by atoms with Gasteiger partial charge in [0.25, 0.3) is 5.56 Å². The van der Waals surface area contributed by atoms with Crippen LogP contribution in [0.1, 0.15) is 25.7 Å². The summed E-state index contributed by atoms with van der Waals surface area (Å²) in [6.07, 6.45) is 6.41. The lowest BCUT2D eigenvalue weighted by atomic mass is 9.96. The smallest absolute Gasteiger partial charge is 0.292 e. The summed E-state index contributed by atoms with van der Waals surface area (Å²) in [5, 5.41) is 7.79. The molecular formula is C18H23ClN4O. The average Bonchev–Trinajstić information content (AvgIpc) is 3.07. The SMILES string of the molecule is CN(C)C1(CNc2cnn(-c3ccccc3)c(=O)c2Cl)CCCC1. The van der Waals surface area contributed by atoms with Crippen molar-refractivity contribution in [2.45, 2.75) is 31.2 Å². The zero-order valence-corrected chi connectivity index (χ0v) is 14.9. The number of para-hydroxylation sites is 1. The molecule has 0 unspecified atom stereocenters. The Kier molecular flexibility index (Phi) is 4.92. The number of nitrogens with one attached hydrogen (secondary N) is 1. The number of hydrogen-bond donors (Lipinski definition) is 1. The fourth-order valence-electron chi connectivity index (χ4n) is 3.38. The summed E-state index contributed by atoms with van der Waals surface area (Å²) in [6.45, 7) is 0.760. The molecule has 6 heteroatoms. The van der Waals surface area contributed by atoms with Crippen LogP contribution in [0.2, 0.25) is 5.02 Å². The molecule has 0 saturated heterocycles. The van der Waals surface area contributed by atoms with Crippen LogP contribution in [0.15, 0.2) is 41.3 Å². The molecule has 2 aromatic rings. The van der Waals surface area contributed by atoms with Crippen molar-refractivity contribution in [3.8, 4) is 5.69 Å². The van der Waals surface area contributed by atoms with Gasteiger partial charge in [0.05, 0.1) is 17.6 Å². The van der Waals surface area contributed by atoms with Gasteiger partial charge in [-0.25, -0.2) is 0 Å². The van der Waals surface area contributed by atoms with Crippen molar-refractivity contribution in [2.24, 2.45) is 0 Å². The molecule has 1 heterocycles. The normalized spacial score (nSPS) is 16.5. The van der Waals surface area contributed by atoms with Crippen LogP contribution in [0.4, 0.5) is 5.69 Å². The molecule has 1 N–H and O–H groups in total. The molecule has 0 atom stereocenters. The van der Waals surface area contributed by atoms with E-state index in [2.05, 4.69) is 29.4 Å². The van der Waals surface area contributed by atoms with Crippen molar-refractivity contribution in [3.63, 3.8) is 0 Å². The fraction of sp³-hybridized carbons (Fsp3) is 0.444. The van der Waals surface area contributed by atoms with Crippen molar-refractivity contribution in [3.05, 3.63) is 51.9 Å². The molecule has 0 aliphatic heterocycles. The summed E-state index contributed by atoms with van der Waals surface area (Å²) in [4.78, 5) is 14.8. The van der Waals surface area contributed by atoms with Crippen molar-refractivity contribution in [1.29, 1.82) is 0 Å². The molecule has 1 fully saturated rings. The Labute approximate surface area is 147 Å². The van der Waals surface area contributed by atoms with Crippen LogP contribution in [0.5, 0.6) is 0 Å². The van der Waals surface area contributed by atoms with Gasteiger partial charge in [0.2, 0.25) is 0 Å². The Morgan fingerprint density at radius 2 is 1.92 bits per heavy atom. The third-order valence-corrected chi connectivity index (χ3v) is 5.38. The lowest BCUT2D eigenvalue weighted by Crippen LogP contribution is -2.47. The molecule has 3 rings (SSSR count). The minimum Gasteiger partial charge on any atom is -0.381 e. The molecule has 1 aromatic heterocycles. The van der Waals surface area contributed by atoms with E-state index < -0.39 is 0 Å². The van der Waals surface area contributed by atoms with Gasteiger partial charge in [-0.05, 0) is 39.1 Å².